The van der Waals surface area contributed by atoms with E-state index in [1.54, 1.807) is 7.05 Å². The Balaban J connectivity index is 3.79. The van der Waals surface area contributed by atoms with E-state index in [4.69, 9.17) is 4.74 Å². The van der Waals surface area contributed by atoms with Crippen molar-refractivity contribution in [2.24, 2.45) is 5.10 Å². The van der Waals surface area contributed by atoms with Crippen LogP contribution in [0.5, 0.6) is 0 Å². The molecule has 0 aromatic rings. The van der Waals surface area contributed by atoms with Gasteiger partial charge in [0.2, 0.25) is 5.90 Å². The molecule has 3 nitrogen and oxygen atoms in total. The first-order chi connectivity index (χ1) is 4.45. The Labute approximate surface area is 62.5 Å². The lowest BCUT2D eigenvalue weighted by atomic mass is 10.2. The quantitative estimate of drug-likeness (QED) is 0.342. The second kappa shape index (κ2) is 3.44. The number of hydrogen-bond acceptors (Lipinski definition) is 3. The average Bonchev–Trinajstić information content (AvgIpc) is 1.59. The molecule has 0 unspecified atom stereocenters. The van der Waals surface area contributed by atoms with Crippen molar-refractivity contribution in [3.05, 3.63) is 0 Å². The summed E-state index contributed by atoms with van der Waals surface area (Å²) in [6.45, 7) is 7.78. The van der Waals surface area contributed by atoms with Crippen molar-refractivity contribution in [1.29, 1.82) is 0 Å². The smallest absolute Gasteiger partial charge is 0.203 e. The lowest BCUT2D eigenvalue weighted by Crippen LogP contribution is -2.23. The van der Waals surface area contributed by atoms with Gasteiger partial charge in [-0.2, -0.15) is 0 Å². The molecule has 0 spiro atoms. The summed E-state index contributed by atoms with van der Waals surface area (Å²) in [5, 5.41) is 3.85. The van der Waals surface area contributed by atoms with Gasteiger partial charge in [-0.05, 0) is 20.8 Å². The van der Waals surface area contributed by atoms with Crippen molar-refractivity contribution >= 4 is 5.90 Å². The van der Waals surface area contributed by atoms with E-state index in [1.165, 1.54) is 0 Å². The van der Waals surface area contributed by atoms with Crippen molar-refractivity contribution in [3.8, 4) is 0 Å². The van der Waals surface area contributed by atoms with Gasteiger partial charge in [0.05, 0.1) is 0 Å². The standard InChI is InChI=1S/C7H16N2O/c1-6(9-8-5)10-7(2,3)4/h8H,1-5H3. The minimum absolute atomic E-state index is 0.148. The SMILES string of the molecule is CNN=C(C)OC(C)(C)C. The minimum Gasteiger partial charge on any atom is -0.474 e. The average molecular weight is 144 g/mol. The summed E-state index contributed by atoms with van der Waals surface area (Å²) in [6.07, 6.45) is 0. The molecule has 0 atom stereocenters. The molecule has 3 heteroatoms. The first kappa shape index (κ1) is 9.27. The van der Waals surface area contributed by atoms with Crippen LogP contribution in [0.25, 0.3) is 0 Å². The van der Waals surface area contributed by atoms with Crippen LogP contribution in [0, 0.1) is 0 Å². The number of ether oxygens (including phenoxy) is 1. The maximum absolute atomic E-state index is 5.37. The van der Waals surface area contributed by atoms with Gasteiger partial charge in [-0.15, -0.1) is 5.10 Å². The third kappa shape index (κ3) is 5.41. The Morgan fingerprint density at radius 2 is 1.90 bits per heavy atom. The van der Waals surface area contributed by atoms with E-state index in [-0.39, 0.29) is 5.60 Å². The molecule has 0 amide bonds. The normalized spacial score (nSPS) is 13.1. The predicted molar refractivity (Wildman–Crippen MR) is 43.0 cm³/mol. The maximum atomic E-state index is 5.37. The number of nitrogens with zero attached hydrogens (tertiary/aromatic N) is 1. The zero-order chi connectivity index (χ0) is 8.20. The fraction of sp³-hybridized carbons (Fsp3) is 0.857. The second-order valence-corrected chi connectivity index (χ2v) is 3.07. The van der Waals surface area contributed by atoms with Crippen LogP contribution in [-0.2, 0) is 4.74 Å². The first-order valence-corrected chi connectivity index (χ1v) is 3.36. The zero-order valence-corrected chi connectivity index (χ0v) is 7.36. The molecule has 0 radical (unpaired) electrons. The Morgan fingerprint density at radius 1 is 1.40 bits per heavy atom. The van der Waals surface area contributed by atoms with Crippen molar-refractivity contribution in [2.45, 2.75) is 33.3 Å². The van der Waals surface area contributed by atoms with E-state index in [2.05, 4.69) is 10.5 Å². The molecule has 1 N–H and O–H groups in total. The summed E-state index contributed by atoms with van der Waals surface area (Å²) in [4.78, 5) is 0. The monoisotopic (exact) mass is 144 g/mol. The number of rotatable bonds is 1. The Bertz CT molecular complexity index is 124. The molecule has 0 aliphatic heterocycles. The zero-order valence-electron chi connectivity index (χ0n) is 7.36. The summed E-state index contributed by atoms with van der Waals surface area (Å²) in [5.41, 5.74) is 2.50. The molecule has 0 aliphatic rings. The first-order valence-electron chi connectivity index (χ1n) is 3.36. The number of hydrazone groups is 1. The minimum atomic E-state index is -0.148. The molecule has 0 aromatic carbocycles. The summed E-state index contributed by atoms with van der Waals surface area (Å²) >= 11 is 0. The van der Waals surface area contributed by atoms with E-state index < -0.39 is 0 Å². The van der Waals surface area contributed by atoms with Crippen molar-refractivity contribution < 1.29 is 4.74 Å². The fourth-order valence-electron chi connectivity index (χ4n) is 0.623. The number of nitrogens with one attached hydrogen (secondary N) is 1. The molecule has 10 heavy (non-hydrogen) atoms. The van der Waals surface area contributed by atoms with E-state index in [1.807, 2.05) is 27.7 Å². The summed E-state index contributed by atoms with van der Waals surface area (Å²) < 4.78 is 5.37. The maximum Gasteiger partial charge on any atom is 0.203 e. The van der Waals surface area contributed by atoms with Crippen LogP contribution in [0.3, 0.4) is 0 Å². The molecule has 0 saturated carbocycles. The molecule has 60 valence electrons. The van der Waals surface area contributed by atoms with E-state index in [9.17, 15) is 0 Å². The van der Waals surface area contributed by atoms with E-state index >= 15 is 0 Å². The van der Waals surface area contributed by atoms with Crippen molar-refractivity contribution in [3.63, 3.8) is 0 Å². The summed E-state index contributed by atoms with van der Waals surface area (Å²) in [5.74, 6) is 0.662. The van der Waals surface area contributed by atoms with Crippen LogP contribution >= 0.6 is 0 Å². The Hall–Kier alpha value is -0.730. The third-order valence-electron chi connectivity index (χ3n) is 0.723. The van der Waals surface area contributed by atoms with Crippen LogP contribution in [-0.4, -0.2) is 18.5 Å². The lowest BCUT2D eigenvalue weighted by molar-refractivity contribution is 0.114. The van der Waals surface area contributed by atoms with Crippen LogP contribution in [0.1, 0.15) is 27.7 Å². The van der Waals surface area contributed by atoms with Crippen LogP contribution in [0.15, 0.2) is 5.10 Å². The molecule has 0 saturated heterocycles. The van der Waals surface area contributed by atoms with Gasteiger partial charge in [0.15, 0.2) is 0 Å². The molecular formula is C7H16N2O. The van der Waals surface area contributed by atoms with Crippen LogP contribution in [0.4, 0.5) is 0 Å². The summed E-state index contributed by atoms with van der Waals surface area (Å²) in [6, 6.07) is 0. The third-order valence-corrected chi connectivity index (χ3v) is 0.723. The van der Waals surface area contributed by atoms with Crippen LogP contribution in [0.2, 0.25) is 0 Å². The molecule has 0 aliphatic carbocycles. The van der Waals surface area contributed by atoms with Gasteiger partial charge in [0, 0.05) is 14.0 Å². The van der Waals surface area contributed by atoms with E-state index in [0.717, 1.165) is 0 Å². The number of hydrogen-bond donors (Lipinski definition) is 1. The Morgan fingerprint density at radius 3 is 2.20 bits per heavy atom. The van der Waals surface area contributed by atoms with Gasteiger partial charge < -0.3 is 10.2 Å². The molecular weight excluding hydrogens is 128 g/mol. The van der Waals surface area contributed by atoms with Crippen molar-refractivity contribution in [2.75, 3.05) is 7.05 Å². The van der Waals surface area contributed by atoms with Crippen molar-refractivity contribution in [1.82, 2.24) is 5.43 Å². The fourth-order valence-corrected chi connectivity index (χ4v) is 0.623. The molecule has 0 fully saturated rings. The molecule has 0 bridgehead atoms. The van der Waals surface area contributed by atoms with E-state index in [0.29, 0.717) is 5.90 Å². The van der Waals surface area contributed by atoms with Gasteiger partial charge in [0.1, 0.15) is 5.60 Å². The van der Waals surface area contributed by atoms with Gasteiger partial charge >= 0.3 is 0 Å². The molecule has 0 heterocycles. The highest BCUT2D eigenvalue weighted by Gasteiger charge is 2.11. The van der Waals surface area contributed by atoms with Gasteiger partial charge in [-0.25, -0.2) is 0 Å². The lowest BCUT2D eigenvalue weighted by Gasteiger charge is -2.20. The Kier molecular flexibility index (Phi) is 3.19. The molecule has 0 aromatic heterocycles. The van der Waals surface area contributed by atoms with Crippen LogP contribution < -0.4 is 5.43 Å². The predicted octanol–water partition coefficient (Wildman–Crippen LogP) is 1.35. The molecule has 0 rings (SSSR count). The second-order valence-electron chi connectivity index (χ2n) is 3.07. The largest absolute Gasteiger partial charge is 0.474 e. The van der Waals surface area contributed by atoms with Gasteiger partial charge in [-0.3, -0.25) is 0 Å². The topological polar surface area (TPSA) is 33.6 Å². The highest BCUT2D eigenvalue weighted by molar-refractivity contribution is 5.73. The highest BCUT2D eigenvalue weighted by Crippen LogP contribution is 2.06. The summed E-state index contributed by atoms with van der Waals surface area (Å²) in [7, 11) is 1.75. The highest BCUT2D eigenvalue weighted by atomic mass is 16.5. The van der Waals surface area contributed by atoms with Gasteiger partial charge in [0.25, 0.3) is 0 Å². The van der Waals surface area contributed by atoms with Gasteiger partial charge in [-0.1, -0.05) is 0 Å².